The molecule has 3 N–H and O–H groups in total. The molecule has 1 aliphatic heterocycles. The summed E-state index contributed by atoms with van der Waals surface area (Å²) in [5.74, 6) is -3.33. The van der Waals surface area contributed by atoms with E-state index in [1.54, 1.807) is 6.07 Å². The lowest BCUT2D eigenvalue weighted by molar-refractivity contribution is -0.288. The van der Waals surface area contributed by atoms with E-state index in [0.717, 1.165) is 0 Å². The van der Waals surface area contributed by atoms with Gasteiger partial charge in [0.15, 0.2) is 5.78 Å². The van der Waals surface area contributed by atoms with Gasteiger partial charge in [0, 0.05) is 16.1 Å². The van der Waals surface area contributed by atoms with Crippen molar-refractivity contribution in [2.24, 2.45) is 5.92 Å². The molecular formula is C22H14Cl3F3N2O4. The molecule has 2 heterocycles. The first-order valence-corrected chi connectivity index (χ1v) is 10.8. The fraction of sp³-hybridized carbons (Fsp3) is 0.182. The maximum Gasteiger partial charge on any atom is 0.437 e. The van der Waals surface area contributed by atoms with E-state index < -0.39 is 35.7 Å². The largest absolute Gasteiger partial charge is 0.459 e. The summed E-state index contributed by atoms with van der Waals surface area (Å²) < 4.78 is 47.7. The van der Waals surface area contributed by atoms with Crippen LogP contribution in [0.25, 0.3) is 11.3 Å². The normalized spacial score (nSPS) is 22.7. The van der Waals surface area contributed by atoms with Crippen LogP contribution >= 0.6 is 34.8 Å². The Kier molecular flexibility index (Phi) is 6.32. The van der Waals surface area contributed by atoms with Gasteiger partial charge in [-0.15, -0.1) is 0 Å². The van der Waals surface area contributed by atoms with Gasteiger partial charge in [-0.1, -0.05) is 34.8 Å². The van der Waals surface area contributed by atoms with Crippen LogP contribution in [0.5, 0.6) is 0 Å². The number of aliphatic hydroxyl groups is 1. The van der Waals surface area contributed by atoms with E-state index in [0.29, 0.717) is 5.56 Å². The lowest BCUT2D eigenvalue weighted by Gasteiger charge is -2.44. The summed E-state index contributed by atoms with van der Waals surface area (Å²) in [5.41, 5.74) is -3.59. The average Bonchev–Trinajstić information content (AvgIpc) is 3.25. The first kappa shape index (κ1) is 24.4. The number of urea groups is 1. The predicted molar refractivity (Wildman–Crippen MR) is 119 cm³/mol. The van der Waals surface area contributed by atoms with Gasteiger partial charge in [-0.25, -0.2) is 4.79 Å². The lowest BCUT2D eigenvalue weighted by atomic mass is 9.79. The van der Waals surface area contributed by atoms with Crippen LogP contribution in [0.3, 0.4) is 0 Å². The lowest BCUT2D eigenvalue weighted by Crippen LogP contribution is -2.72. The quantitative estimate of drug-likeness (QED) is 0.358. The maximum atomic E-state index is 14.0. The number of ketones is 1. The van der Waals surface area contributed by atoms with Gasteiger partial charge < -0.3 is 20.2 Å². The van der Waals surface area contributed by atoms with Gasteiger partial charge in [0.05, 0.1) is 10.0 Å². The monoisotopic (exact) mass is 532 g/mol. The van der Waals surface area contributed by atoms with Gasteiger partial charge in [0.2, 0.25) is 5.72 Å². The highest BCUT2D eigenvalue weighted by Crippen LogP contribution is 2.45. The molecular weight excluding hydrogens is 520 g/mol. The van der Waals surface area contributed by atoms with Crippen molar-refractivity contribution in [1.82, 2.24) is 10.6 Å². The molecule has 2 aromatic carbocycles. The Balaban J connectivity index is 1.81. The first-order chi connectivity index (χ1) is 15.9. The Bertz CT molecular complexity index is 1260. The minimum Gasteiger partial charge on any atom is -0.459 e. The molecule has 0 spiro atoms. The van der Waals surface area contributed by atoms with Crippen molar-refractivity contribution in [3.05, 3.63) is 81.0 Å². The van der Waals surface area contributed by atoms with Gasteiger partial charge in [-0.05, 0) is 54.6 Å². The van der Waals surface area contributed by atoms with Gasteiger partial charge in [-0.2, -0.15) is 13.2 Å². The van der Waals surface area contributed by atoms with Crippen LogP contribution in [-0.4, -0.2) is 28.8 Å². The maximum absolute atomic E-state index is 14.0. The third-order valence-corrected chi connectivity index (χ3v) is 6.35. The molecule has 3 atom stereocenters. The number of Topliss-reactive ketones (excluding diaryl/α,β-unsaturated/α-hetero) is 1. The highest BCUT2D eigenvalue weighted by Gasteiger charge is 2.66. The topological polar surface area (TPSA) is 91.6 Å². The zero-order chi connectivity index (χ0) is 24.8. The molecule has 2 amide bonds. The van der Waals surface area contributed by atoms with E-state index in [9.17, 15) is 27.9 Å². The summed E-state index contributed by atoms with van der Waals surface area (Å²) in [6.07, 6.45) is -5.39. The Morgan fingerprint density at radius 1 is 1.00 bits per heavy atom. The van der Waals surface area contributed by atoms with Gasteiger partial charge >= 0.3 is 12.2 Å². The number of halogens is 6. The third kappa shape index (κ3) is 4.36. The summed E-state index contributed by atoms with van der Waals surface area (Å²) in [4.78, 5) is 25.4. The highest BCUT2D eigenvalue weighted by atomic mass is 35.5. The number of amides is 2. The minimum atomic E-state index is -5.39. The number of hydrogen-bond donors (Lipinski definition) is 3. The standard InChI is InChI=1S/C22H14Cl3F3N2O4/c23-12-4-1-10(2-5-12)19(31)17-18(29-20(32)30-21(17,33)22(26,27)28)16-8-7-15(34-16)11-3-6-13(24)14(25)9-11/h1-9,17-18,33H,(H2,29,30,32)/t17-,18-,21+/m1/s1. The molecule has 1 fully saturated rings. The Hall–Kier alpha value is -2.72. The van der Waals surface area contributed by atoms with E-state index >= 15 is 0 Å². The summed E-state index contributed by atoms with van der Waals surface area (Å²) in [7, 11) is 0. The molecule has 0 saturated carbocycles. The first-order valence-electron chi connectivity index (χ1n) is 9.63. The molecule has 1 aliphatic rings. The van der Waals surface area contributed by atoms with E-state index in [-0.39, 0.29) is 32.2 Å². The fourth-order valence-electron chi connectivity index (χ4n) is 3.69. The van der Waals surface area contributed by atoms with Crippen LogP contribution in [0.2, 0.25) is 15.1 Å². The van der Waals surface area contributed by atoms with Crippen molar-refractivity contribution >= 4 is 46.6 Å². The van der Waals surface area contributed by atoms with Gasteiger partial charge in [0.1, 0.15) is 23.5 Å². The summed E-state index contributed by atoms with van der Waals surface area (Å²) in [5, 5.41) is 15.1. The number of nitrogens with one attached hydrogen (secondary N) is 2. The molecule has 0 unspecified atom stereocenters. The number of rotatable bonds is 4. The van der Waals surface area contributed by atoms with Gasteiger partial charge in [0.25, 0.3) is 0 Å². The number of benzene rings is 2. The van der Waals surface area contributed by atoms with Crippen molar-refractivity contribution < 1.29 is 32.3 Å². The molecule has 6 nitrogen and oxygen atoms in total. The number of alkyl halides is 3. The Labute approximate surface area is 205 Å². The van der Waals surface area contributed by atoms with Crippen LogP contribution in [0.1, 0.15) is 22.2 Å². The third-order valence-electron chi connectivity index (χ3n) is 5.35. The SMILES string of the molecule is O=C1N[C@H](c2ccc(-c3ccc(Cl)c(Cl)c3)o2)[C@H](C(=O)c2ccc(Cl)cc2)[C@](O)(C(F)(F)F)N1. The van der Waals surface area contributed by atoms with E-state index in [2.05, 4.69) is 5.32 Å². The summed E-state index contributed by atoms with van der Waals surface area (Å²) in [6.45, 7) is 0. The van der Waals surface area contributed by atoms with Crippen molar-refractivity contribution in [3.8, 4) is 11.3 Å². The van der Waals surface area contributed by atoms with Crippen LogP contribution in [0.15, 0.2) is 59.0 Å². The summed E-state index contributed by atoms with van der Waals surface area (Å²) >= 11 is 17.7. The second-order valence-corrected chi connectivity index (χ2v) is 8.77. The number of carbonyl (C=O) groups excluding carboxylic acids is 2. The van der Waals surface area contributed by atoms with Gasteiger partial charge in [-0.3, -0.25) is 4.79 Å². The van der Waals surface area contributed by atoms with Crippen LogP contribution in [0.4, 0.5) is 18.0 Å². The smallest absolute Gasteiger partial charge is 0.437 e. The van der Waals surface area contributed by atoms with E-state index in [1.807, 2.05) is 0 Å². The minimum absolute atomic E-state index is 0.156. The zero-order valence-electron chi connectivity index (χ0n) is 16.8. The molecule has 0 bridgehead atoms. The summed E-state index contributed by atoms with van der Waals surface area (Å²) in [6, 6.07) is 9.36. The average molecular weight is 534 g/mol. The molecule has 178 valence electrons. The molecule has 0 aliphatic carbocycles. The van der Waals surface area contributed by atoms with Crippen molar-refractivity contribution in [3.63, 3.8) is 0 Å². The molecule has 4 rings (SSSR count). The predicted octanol–water partition coefficient (Wildman–Crippen LogP) is 6.01. The second kappa shape index (κ2) is 8.81. The number of furan rings is 1. The zero-order valence-corrected chi connectivity index (χ0v) is 19.1. The molecule has 0 radical (unpaired) electrons. The second-order valence-electron chi connectivity index (χ2n) is 7.52. The molecule has 1 aromatic heterocycles. The Morgan fingerprint density at radius 2 is 1.68 bits per heavy atom. The number of hydrogen-bond acceptors (Lipinski definition) is 4. The molecule has 3 aromatic rings. The van der Waals surface area contributed by atoms with Crippen LogP contribution in [0, 0.1) is 5.92 Å². The van der Waals surface area contributed by atoms with Crippen molar-refractivity contribution in [2.75, 3.05) is 0 Å². The number of carbonyl (C=O) groups is 2. The van der Waals surface area contributed by atoms with E-state index in [1.165, 1.54) is 53.8 Å². The fourth-order valence-corrected chi connectivity index (χ4v) is 4.12. The highest BCUT2D eigenvalue weighted by molar-refractivity contribution is 6.42. The van der Waals surface area contributed by atoms with E-state index in [4.69, 9.17) is 39.2 Å². The molecule has 1 saturated heterocycles. The Morgan fingerprint density at radius 3 is 2.29 bits per heavy atom. The molecule has 34 heavy (non-hydrogen) atoms. The van der Waals surface area contributed by atoms with Crippen LogP contribution < -0.4 is 10.6 Å². The van der Waals surface area contributed by atoms with Crippen molar-refractivity contribution in [1.29, 1.82) is 0 Å². The van der Waals surface area contributed by atoms with Crippen molar-refractivity contribution in [2.45, 2.75) is 17.9 Å². The molecule has 12 heteroatoms. The van der Waals surface area contributed by atoms with Crippen LogP contribution in [-0.2, 0) is 0 Å².